The van der Waals surface area contributed by atoms with Crippen LogP contribution >= 0.6 is 11.6 Å². The highest BCUT2D eigenvalue weighted by atomic mass is 35.5. The van der Waals surface area contributed by atoms with Gasteiger partial charge in [-0.2, -0.15) is 15.0 Å². The summed E-state index contributed by atoms with van der Waals surface area (Å²) in [6, 6.07) is 5.65. The first-order valence-electron chi connectivity index (χ1n) is 6.45. The van der Waals surface area contributed by atoms with Crippen molar-refractivity contribution >= 4 is 23.2 Å². The van der Waals surface area contributed by atoms with Crippen molar-refractivity contribution in [2.75, 3.05) is 25.1 Å². The van der Waals surface area contributed by atoms with Gasteiger partial charge in [0.1, 0.15) is 13.2 Å². The van der Waals surface area contributed by atoms with E-state index in [1.165, 1.54) is 0 Å². The van der Waals surface area contributed by atoms with E-state index in [9.17, 15) is 0 Å². The van der Waals surface area contributed by atoms with Crippen LogP contribution in [0.25, 0.3) is 0 Å². The van der Waals surface area contributed by atoms with Gasteiger partial charge in [0.2, 0.25) is 11.2 Å². The van der Waals surface area contributed by atoms with Gasteiger partial charge in [-0.15, -0.1) is 0 Å². The van der Waals surface area contributed by atoms with Crippen LogP contribution in [-0.2, 0) is 0 Å². The monoisotopic (exact) mass is 308 g/mol. The van der Waals surface area contributed by atoms with Gasteiger partial charge in [-0.1, -0.05) is 0 Å². The Kier molecular flexibility index (Phi) is 3.92. The Balaban J connectivity index is 1.83. The summed E-state index contributed by atoms with van der Waals surface area (Å²) in [6.07, 6.45) is 0. The van der Waals surface area contributed by atoms with E-state index in [2.05, 4.69) is 20.3 Å². The minimum atomic E-state index is 0.0634. The van der Waals surface area contributed by atoms with Gasteiger partial charge in [-0.05, 0) is 30.7 Å². The number of ether oxygens (including phenoxy) is 3. The predicted molar refractivity (Wildman–Crippen MR) is 76.7 cm³/mol. The summed E-state index contributed by atoms with van der Waals surface area (Å²) in [4.78, 5) is 12.0. The van der Waals surface area contributed by atoms with Crippen LogP contribution in [0.4, 0.5) is 11.6 Å². The van der Waals surface area contributed by atoms with Crippen LogP contribution in [0.2, 0.25) is 5.28 Å². The zero-order valence-corrected chi connectivity index (χ0v) is 12.1. The second kappa shape index (κ2) is 6.01. The third-order valence-electron chi connectivity index (χ3n) is 2.66. The average molecular weight is 309 g/mol. The van der Waals surface area contributed by atoms with Gasteiger partial charge >= 0.3 is 6.01 Å². The normalized spacial score (nSPS) is 12.9. The van der Waals surface area contributed by atoms with Crippen LogP contribution < -0.4 is 19.5 Å². The Hall–Kier alpha value is -2.28. The van der Waals surface area contributed by atoms with Gasteiger partial charge in [0.15, 0.2) is 11.5 Å². The second-order valence-electron chi connectivity index (χ2n) is 4.13. The molecule has 21 heavy (non-hydrogen) atoms. The molecule has 1 aromatic heterocycles. The molecule has 3 rings (SSSR count). The fourth-order valence-electron chi connectivity index (χ4n) is 1.83. The van der Waals surface area contributed by atoms with Crippen molar-refractivity contribution in [3.63, 3.8) is 0 Å². The molecule has 7 nitrogen and oxygen atoms in total. The van der Waals surface area contributed by atoms with E-state index in [-0.39, 0.29) is 11.3 Å². The minimum absolute atomic E-state index is 0.0634. The van der Waals surface area contributed by atoms with Crippen molar-refractivity contribution in [3.8, 4) is 17.5 Å². The van der Waals surface area contributed by atoms with Crippen molar-refractivity contribution in [1.29, 1.82) is 0 Å². The van der Waals surface area contributed by atoms with Crippen LogP contribution in [0.3, 0.4) is 0 Å². The molecule has 0 spiro atoms. The molecule has 0 atom stereocenters. The van der Waals surface area contributed by atoms with E-state index in [1.54, 1.807) is 0 Å². The molecule has 1 aliphatic heterocycles. The molecule has 1 aliphatic rings. The molecule has 0 radical (unpaired) electrons. The van der Waals surface area contributed by atoms with Gasteiger partial charge in [-0.25, -0.2) is 0 Å². The molecule has 2 heterocycles. The summed E-state index contributed by atoms with van der Waals surface area (Å²) in [7, 11) is 0. The molecule has 110 valence electrons. The summed E-state index contributed by atoms with van der Waals surface area (Å²) < 4.78 is 16.2. The van der Waals surface area contributed by atoms with Crippen LogP contribution in [0.1, 0.15) is 6.92 Å². The summed E-state index contributed by atoms with van der Waals surface area (Å²) in [5, 5.41) is 3.09. The third kappa shape index (κ3) is 3.25. The maximum Gasteiger partial charge on any atom is 0.322 e. The Morgan fingerprint density at radius 1 is 1.19 bits per heavy atom. The molecule has 0 saturated carbocycles. The fourth-order valence-corrected chi connectivity index (χ4v) is 1.98. The zero-order valence-electron chi connectivity index (χ0n) is 11.3. The quantitative estimate of drug-likeness (QED) is 0.929. The maximum atomic E-state index is 5.84. The molecule has 0 unspecified atom stereocenters. The minimum Gasteiger partial charge on any atom is -0.486 e. The van der Waals surface area contributed by atoms with Crippen molar-refractivity contribution < 1.29 is 14.2 Å². The van der Waals surface area contributed by atoms with Gasteiger partial charge < -0.3 is 19.5 Å². The highest BCUT2D eigenvalue weighted by Crippen LogP contribution is 2.33. The van der Waals surface area contributed by atoms with E-state index >= 15 is 0 Å². The van der Waals surface area contributed by atoms with Crippen molar-refractivity contribution in [2.45, 2.75) is 6.92 Å². The number of nitrogens with zero attached hydrogens (tertiary/aromatic N) is 3. The lowest BCUT2D eigenvalue weighted by atomic mass is 10.2. The lowest BCUT2D eigenvalue weighted by Gasteiger charge is -2.19. The number of nitrogens with one attached hydrogen (secondary N) is 1. The molecule has 8 heteroatoms. The van der Waals surface area contributed by atoms with E-state index in [4.69, 9.17) is 25.8 Å². The van der Waals surface area contributed by atoms with Crippen molar-refractivity contribution in [3.05, 3.63) is 23.5 Å². The number of halogens is 1. The number of anilines is 2. The zero-order chi connectivity index (χ0) is 14.7. The van der Waals surface area contributed by atoms with Crippen LogP contribution in [-0.4, -0.2) is 34.8 Å². The second-order valence-corrected chi connectivity index (χ2v) is 4.47. The maximum absolute atomic E-state index is 5.84. The van der Waals surface area contributed by atoms with Crippen LogP contribution in [0.5, 0.6) is 17.5 Å². The Morgan fingerprint density at radius 3 is 2.81 bits per heavy atom. The fraction of sp³-hybridized carbons (Fsp3) is 0.308. The number of aromatic nitrogens is 3. The largest absolute Gasteiger partial charge is 0.486 e. The van der Waals surface area contributed by atoms with E-state index in [0.717, 1.165) is 11.4 Å². The number of rotatable bonds is 4. The summed E-state index contributed by atoms with van der Waals surface area (Å²) in [5.41, 5.74) is 0.754. The van der Waals surface area contributed by atoms with Crippen LogP contribution in [0, 0.1) is 0 Å². The van der Waals surface area contributed by atoms with Gasteiger partial charge in [-0.3, -0.25) is 0 Å². The Morgan fingerprint density at radius 2 is 2.00 bits per heavy atom. The lowest BCUT2D eigenvalue weighted by Crippen LogP contribution is -2.15. The van der Waals surface area contributed by atoms with Crippen molar-refractivity contribution in [2.24, 2.45) is 0 Å². The molecule has 0 bridgehead atoms. The average Bonchev–Trinajstić information content (AvgIpc) is 2.47. The van der Waals surface area contributed by atoms with Gasteiger partial charge in [0.25, 0.3) is 0 Å². The topological polar surface area (TPSA) is 78.4 Å². The van der Waals surface area contributed by atoms with Gasteiger partial charge in [0.05, 0.1) is 6.61 Å². The molecule has 1 aromatic carbocycles. The third-order valence-corrected chi connectivity index (χ3v) is 2.83. The Labute approximate surface area is 126 Å². The SMILES string of the molecule is CCOc1nc(Cl)nc(Nc2ccc3c(c2)OCCO3)n1. The van der Waals surface area contributed by atoms with Gasteiger partial charge in [0, 0.05) is 11.8 Å². The number of hydrogen-bond acceptors (Lipinski definition) is 7. The first-order valence-corrected chi connectivity index (χ1v) is 6.83. The molecule has 2 aromatic rings. The number of hydrogen-bond donors (Lipinski definition) is 1. The number of fused-ring (bicyclic) bond motifs is 1. The highest BCUT2D eigenvalue weighted by molar-refractivity contribution is 6.28. The molecular formula is C13H13ClN4O3. The Bertz CT molecular complexity index is 653. The van der Waals surface area contributed by atoms with Crippen LogP contribution in [0.15, 0.2) is 18.2 Å². The standard InChI is InChI=1S/C13H13ClN4O3/c1-2-19-13-17-11(14)16-12(18-13)15-8-3-4-9-10(7-8)21-6-5-20-9/h3-4,7H,2,5-6H2,1H3,(H,15,16,17,18). The molecule has 0 aliphatic carbocycles. The molecule has 0 amide bonds. The highest BCUT2D eigenvalue weighted by Gasteiger charge is 2.13. The van der Waals surface area contributed by atoms with E-state index in [0.29, 0.717) is 31.5 Å². The molecule has 1 N–H and O–H groups in total. The van der Waals surface area contributed by atoms with E-state index < -0.39 is 0 Å². The molecule has 0 saturated heterocycles. The van der Waals surface area contributed by atoms with Crippen molar-refractivity contribution in [1.82, 2.24) is 15.0 Å². The molecular weight excluding hydrogens is 296 g/mol. The summed E-state index contributed by atoms with van der Waals surface area (Å²) >= 11 is 5.84. The summed E-state index contributed by atoms with van der Waals surface area (Å²) in [5.74, 6) is 1.70. The smallest absolute Gasteiger partial charge is 0.322 e. The van der Waals surface area contributed by atoms with E-state index in [1.807, 2.05) is 25.1 Å². The molecule has 0 fully saturated rings. The first-order chi connectivity index (χ1) is 10.2. The number of benzene rings is 1. The summed E-state index contributed by atoms with van der Waals surface area (Å²) in [6.45, 7) is 3.37. The lowest BCUT2D eigenvalue weighted by molar-refractivity contribution is 0.171. The predicted octanol–water partition coefficient (Wildman–Crippen LogP) is 2.44. The first kappa shape index (κ1) is 13.7.